The van der Waals surface area contributed by atoms with Gasteiger partial charge in [0.25, 0.3) is 0 Å². The smallest absolute Gasteiger partial charge is 0.301 e. The molecule has 0 aliphatic carbocycles. The summed E-state index contributed by atoms with van der Waals surface area (Å²) in [6.07, 6.45) is 1.68. The number of anilines is 2. The van der Waals surface area contributed by atoms with Crippen molar-refractivity contribution < 1.29 is 13.2 Å². The molecule has 3 rings (SSSR count). The molecule has 0 saturated carbocycles. The molecular weight excluding hydrogens is 420 g/mol. The maximum absolute atomic E-state index is 13.1. The Kier molecular flexibility index (Phi) is 5.05. The van der Waals surface area contributed by atoms with Crippen molar-refractivity contribution in [3.05, 3.63) is 51.6 Å². The lowest BCUT2D eigenvalue weighted by Gasteiger charge is -2.17. The number of nitrogens with one attached hydrogen (secondary N) is 2. The van der Waals surface area contributed by atoms with Crippen molar-refractivity contribution in [3.63, 3.8) is 0 Å². The molecule has 138 valence electrons. The van der Waals surface area contributed by atoms with Crippen LogP contribution in [-0.2, 0) is 10.2 Å². The van der Waals surface area contributed by atoms with E-state index in [9.17, 15) is 13.2 Å². The summed E-state index contributed by atoms with van der Waals surface area (Å²) in [5.41, 5.74) is 2.31. The first kappa shape index (κ1) is 18.8. The van der Waals surface area contributed by atoms with Gasteiger partial charge in [0, 0.05) is 42.4 Å². The minimum absolute atomic E-state index is 0.0699. The highest BCUT2D eigenvalue weighted by molar-refractivity contribution is 9.10. The molecule has 0 amide bonds. The number of ketones is 1. The molecule has 0 radical (unpaired) electrons. The molecular formula is C17H19BrN4O3S. The highest BCUT2D eigenvalue weighted by Crippen LogP contribution is 2.35. The van der Waals surface area contributed by atoms with E-state index in [1.165, 1.54) is 14.1 Å². The van der Waals surface area contributed by atoms with Crippen LogP contribution in [0.15, 0.2) is 34.9 Å². The van der Waals surface area contributed by atoms with Crippen LogP contribution in [0.5, 0.6) is 0 Å². The van der Waals surface area contributed by atoms with E-state index >= 15 is 0 Å². The fourth-order valence-corrected chi connectivity index (χ4v) is 3.87. The summed E-state index contributed by atoms with van der Waals surface area (Å²) in [5.74, 6) is 0.266. The van der Waals surface area contributed by atoms with Gasteiger partial charge in [-0.3, -0.25) is 9.52 Å². The van der Waals surface area contributed by atoms with Gasteiger partial charge in [-0.1, -0.05) is 12.1 Å². The minimum atomic E-state index is -3.65. The number of hydrogen-bond donors (Lipinski definition) is 2. The Morgan fingerprint density at radius 3 is 2.81 bits per heavy atom. The van der Waals surface area contributed by atoms with E-state index in [4.69, 9.17) is 0 Å². The first-order chi connectivity index (χ1) is 12.2. The summed E-state index contributed by atoms with van der Waals surface area (Å²) in [4.78, 5) is 17.4. The number of benzene rings is 1. The summed E-state index contributed by atoms with van der Waals surface area (Å²) in [6.45, 7) is 2.20. The lowest BCUT2D eigenvalue weighted by molar-refractivity contribution is 0.0966. The Hall–Kier alpha value is -1.97. The van der Waals surface area contributed by atoms with Crippen LogP contribution in [0.3, 0.4) is 0 Å². The van der Waals surface area contributed by atoms with E-state index in [0.29, 0.717) is 29.2 Å². The number of rotatable bonds is 5. The molecule has 7 nitrogen and oxygen atoms in total. The van der Waals surface area contributed by atoms with Crippen LogP contribution in [0, 0.1) is 6.92 Å². The average molecular weight is 439 g/mol. The average Bonchev–Trinajstić information content (AvgIpc) is 2.99. The zero-order chi connectivity index (χ0) is 19.1. The molecule has 1 unspecified atom stereocenters. The molecule has 1 atom stereocenters. The molecule has 1 aromatic carbocycles. The van der Waals surface area contributed by atoms with Gasteiger partial charge >= 0.3 is 10.2 Å². The zero-order valence-corrected chi connectivity index (χ0v) is 17.0. The number of carbonyl (C=O) groups excluding carboxylic acids is 1. The Morgan fingerprint density at radius 1 is 1.38 bits per heavy atom. The Morgan fingerprint density at radius 2 is 2.12 bits per heavy atom. The Labute approximate surface area is 161 Å². The maximum atomic E-state index is 13.1. The van der Waals surface area contributed by atoms with Crippen LogP contribution >= 0.6 is 15.9 Å². The normalized spacial score (nSPS) is 16.3. The molecule has 1 aromatic heterocycles. The van der Waals surface area contributed by atoms with E-state index in [1.54, 1.807) is 31.3 Å². The Bertz CT molecular complexity index is 976. The number of carbonyl (C=O) groups is 1. The van der Waals surface area contributed by atoms with E-state index in [-0.39, 0.29) is 11.7 Å². The zero-order valence-electron chi connectivity index (χ0n) is 14.6. The van der Waals surface area contributed by atoms with Crippen molar-refractivity contribution in [2.75, 3.05) is 30.7 Å². The van der Waals surface area contributed by atoms with E-state index in [1.807, 2.05) is 6.07 Å². The summed E-state index contributed by atoms with van der Waals surface area (Å²) >= 11 is 3.39. The number of hydrogen-bond acceptors (Lipinski definition) is 5. The van der Waals surface area contributed by atoms with Gasteiger partial charge in [0.2, 0.25) is 0 Å². The number of nitrogens with zero attached hydrogens (tertiary/aromatic N) is 2. The van der Waals surface area contributed by atoms with Crippen LogP contribution in [0.25, 0.3) is 0 Å². The monoisotopic (exact) mass is 438 g/mol. The molecule has 26 heavy (non-hydrogen) atoms. The van der Waals surface area contributed by atoms with Crippen molar-refractivity contribution >= 4 is 43.4 Å². The second-order valence-electron chi connectivity index (χ2n) is 6.26. The lowest BCUT2D eigenvalue weighted by atomic mass is 9.90. The van der Waals surface area contributed by atoms with Crippen LogP contribution in [0.4, 0.5) is 11.5 Å². The predicted molar refractivity (Wildman–Crippen MR) is 105 cm³/mol. The molecule has 2 aromatic rings. The fourth-order valence-electron chi connectivity index (χ4n) is 2.84. The van der Waals surface area contributed by atoms with Gasteiger partial charge in [0.1, 0.15) is 5.82 Å². The number of pyridine rings is 1. The summed E-state index contributed by atoms with van der Waals surface area (Å²) in [6, 6.07) is 6.93. The fraction of sp³-hybridized carbons (Fsp3) is 0.294. The first-order valence-corrected chi connectivity index (χ1v) is 10.2. The summed E-state index contributed by atoms with van der Waals surface area (Å²) < 4.78 is 28.6. The third kappa shape index (κ3) is 3.46. The van der Waals surface area contributed by atoms with Gasteiger partial charge in [-0.05, 0) is 40.5 Å². The molecule has 2 N–H and O–H groups in total. The largest absolute Gasteiger partial charge is 0.369 e. The van der Waals surface area contributed by atoms with Crippen LogP contribution in [-0.4, -0.2) is 44.1 Å². The molecule has 9 heteroatoms. The van der Waals surface area contributed by atoms with E-state index in [2.05, 4.69) is 31.0 Å². The van der Waals surface area contributed by atoms with Crippen molar-refractivity contribution in [1.82, 2.24) is 9.29 Å². The van der Waals surface area contributed by atoms with E-state index in [0.717, 1.165) is 14.3 Å². The lowest BCUT2D eigenvalue weighted by Crippen LogP contribution is -2.29. The predicted octanol–water partition coefficient (Wildman–Crippen LogP) is 2.76. The molecule has 1 aliphatic heterocycles. The van der Waals surface area contributed by atoms with Crippen molar-refractivity contribution in [2.24, 2.45) is 0 Å². The second-order valence-corrected chi connectivity index (χ2v) is 9.06. The van der Waals surface area contributed by atoms with Gasteiger partial charge in [0.15, 0.2) is 5.78 Å². The third-order valence-electron chi connectivity index (χ3n) is 4.37. The van der Waals surface area contributed by atoms with E-state index < -0.39 is 10.2 Å². The number of Topliss-reactive ketones (excluding diaryl/α,β-unsaturated/α-hetero) is 1. The van der Waals surface area contributed by atoms with Crippen molar-refractivity contribution in [1.29, 1.82) is 0 Å². The molecule has 1 aliphatic rings. The standard InChI is InChI=1S/C17H19BrN4O3S/c1-10-12(5-4-6-15(10)21-26(24,25)22(2)3)16(23)14-9-20-17-13(14)7-11(18)8-19-17/h4-8,14,21H,9H2,1-3H3,(H,19,20). The van der Waals surface area contributed by atoms with Gasteiger partial charge in [-0.15, -0.1) is 0 Å². The second kappa shape index (κ2) is 6.98. The number of aromatic nitrogens is 1. The number of fused-ring (bicyclic) bond motifs is 1. The highest BCUT2D eigenvalue weighted by Gasteiger charge is 2.31. The minimum Gasteiger partial charge on any atom is -0.369 e. The summed E-state index contributed by atoms with van der Waals surface area (Å²) in [5, 5.41) is 3.14. The number of halogens is 1. The Balaban J connectivity index is 1.95. The maximum Gasteiger partial charge on any atom is 0.301 e. The van der Waals surface area contributed by atoms with Gasteiger partial charge < -0.3 is 5.32 Å². The quantitative estimate of drug-likeness (QED) is 0.700. The van der Waals surface area contributed by atoms with Crippen LogP contribution < -0.4 is 10.0 Å². The van der Waals surface area contributed by atoms with Crippen LogP contribution in [0.2, 0.25) is 0 Å². The summed E-state index contributed by atoms with van der Waals surface area (Å²) in [7, 11) is -0.760. The third-order valence-corrected chi connectivity index (χ3v) is 6.24. The highest BCUT2D eigenvalue weighted by atomic mass is 79.9. The molecule has 0 bridgehead atoms. The van der Waals surface area contributed by atoms with Crippen LogP contribution in [0.1, 0.15) is 27.4 Å². The van der Waals surface area contributed by atoms with Gasteiger partial charge in [-0.25, -0.2) is 4.98 Å². The molecule has 0 spiro atoms. The first-order valence-electron chi connectivity index (χ1n) is 7.94. The molecule has 2 heterocycles. The van der Waals surface area contributed by atoms with Gasteiger partial charge in [-0.2, -0.15) is 12.7 Å². The van der Waals surface area contributed by atoms with Crippen molar-refractivity contribution in [2.45, 2.75) is 12.8 Å². The molecule has 0 saturated heterocycles. The van der Waals surface area contributed by atoms with Crippen molar-refractivity contribution in [3.8, 4) is 0 Å². The molecule has 0 fully saturated rings. The van der Waals surface area contributed by atoms with Gasteiger partial charge in [0.05, 0.1) is 11.6 Å². The SMILES string of the molecule is Cc1c(NS(=O)(=O)N(C)C)cccc1C(=O)C1CNc2ncc(Br)cc21. The topological polar surface area (TPSA) is 91.4 Å².